The summed E-state index contributed by atoms with van der Waals surface area (Å²) in [6.07, 6.45) is 1.65. The zero-order valence-corrected chi connectivity index (χ0v) is 12.6. The Morgan fingerprint density at radius 2 is 2.10 bits per heavy atom. The first kappa shape index (κ1) is 14.6. The van der Waals surface area contributed by atoms with E-state index in [1.165, 1.54) is 4.68 Å². The lowest BCUT2D eigenvalue weighted by Crippen LogP contribution is -2.01. The zero-order valence-electron chi connectivity index (χ0n) is 11.1. The SMILES string of the molecule is C=CCn1nc(-c2nc(C)c(Cl)cc2C)c(Cl)c1C#N. The molecule has 2 heterocycles. The average Bonchev–Trinajstić information content (AvgIpc) is 2.71. The van der Waals surface area contributed by atoms with E-state index in [1.54, 1.807) is 6.08 Å². The number of aryl methyl sites for hydroxylation is 2. The van der Waals surface area contributed by atoms with Gasteiger partial charge in [0.05, 0.1) is 23.0 Å². The second-order valence-corrected chi connectivity index (χ2v) is 5.10. The second-order valence-electron chi connectivity index (χ2n) is 4.31. The Kier molecular flexibility index (Phi) is 4.12. The van der Waals surface area contributed by atoms with Crippen molar-refractivity contribution >= 4 is 23.2 Å². The van der Waals surface area contributed by atoms with Crippen LogP contribution in [-0.2, 0) is 6.54 Å². The summed E-state index contributed by atoms with van der Waals surface area (Å²) in [7, 11) is 0. The molecule has 102 valence electrons. The number of rotatable bonds is 3. The minimum atomic E-state index is 0.298. The molecule has 0 spiro atoms. The van der Waals surface area contributed by atoms with Crippen LogP contribution in [0.25, 0.3) is 11.4 Å². The third-order valence-electron chi connectivity index (χ3n) is 2.87. The first-order chi connectivity index (χ1) is 9.49. The number of halogens is 2. The van der Waals surface area contributed by atoms with Gasteiger partial charge in [-0.25, -0.2) is 9.67 Å². The molecule has 4 nitrogen and oxygen atoms in total. The summed E-state index contributed by atoms with van der Waals surface area (Å²) in [4.78, 5) is 4.42. The predicted octanol–water partition coefficient (Wildman–Crippen LogP) is 3.93. The van der Waals surface area contributed by atoms with Gasteiger partial charge in [0.1, 0.15) is 16.8 Å². The Hall–Kier alpha value is -1.83. The summed E-state index contributed by atoms with van der Waals surface area (Å²) in [5.74, 6) is 0. The summed E-state index contributed by atoms with van der Waals surface area (Å²) < 4.78 is 1.51. The normalized spacial score (nSPS) is 10.3. The van der Waals surface area contributed by atoms with E-state index in [-0.39, 0.29) is 0 Å². The quantitative estimate of drug-likeness (QED) is 0.807. The van der Waals surface area contributed by atoms with Gasteiger partial charge in [0.25, 0.3) is 0 Å². The van der Waals surface area contributed by atoms with Crippen LogP contribution in [0.2, 0.25) is 10.0 Å². The molecule has 0 amide bonds. The molecule has 0 bridgehead atoms. The Labute approximate surface area is 127 Å². The number of allylic oxidation sites excluding steroid dienone is 1. The van der Waals surface area contributed by atoms with Crippen molar-refractivity contribution in [3.8, 4) is 17.5 Å². The molecular weight excluding hydrogens is 295 g/mol. The van der Waals surface area contributed by atoms with Crippen molar-refractivity contribution in [3.05, 3.63) is 45.7 Å². The van der Waals surface area contributed by atoms with Crippen LogP contribution in [0.5, 0.6) is 0 Å². The van der Waals surface area contributed by atoms with Crippen LogP contribution in [0.3, 0.4) is 0 Å². The first-order valence-electron chi connectivity index (χ1n) is 5.91. The third kappa shape index (κ3) is 2.43. The van der Waals surface area contributed by atoms with Crippen LogP contribution >= 0.6 is 23.2 Å². The first-order valence-corrected chi connectivity index (χ1v) is 6.66. The molecule has 0 aliphatic rings. The van der Waals surface area contributed by atoms with Gasteiger partial charge in [0.2, 0.25) is 0 Å². The topological polar surface area (TPSA) is 54.5 Å². The molecule has 0 atom stereocenters. The molecule has 20 heavy (non-hydrogen) atoms. The Balaban J connectivity index is 2.68. The summed E-state index contributed by atoms with van der Waals surface area (Å²) >= 11 is 12.3. The summed E-state index contributed by atoms with van der Waals surface area (Å²) in [6.45, 7) is 7.74. The van der Waals surface area contributed by atoms with Gasteiger partial charge in [0, 0.05) is 0 Å². The molecule has 2 rings (SSSR count). The maximum atomic E-state index is 9.18. The molecule has 0 aliphatic carbocycles. The highest BCUT2D eigenvalue weighted by molar-refractivity contribution is 6.34. The van der Waals surface area contributed by atoms with Crippen LogP contribution < -0.4 is 0 Å². The molecule has 2 aromatic heterocycles. The highest BCUT2D eigenvalue weighted by Gasteiger charge is 2.20. The van der Waals surface area contributed by atoms with Crippen LogP contribution in [0, 0.1) is 25.2 Å². The van der Waals surface area contributed by atoms with Crippen molar-refractivity contribution in [1.82, 2.24) is 14.8 Å². The van der Waals surface area contributed by atoms with E-state index in [1.807, 2.05) is 19.9 Å². The van der Waals surface area contributed by atoms with E-state index in [2.05, 4.69) is 22.7 Å². The number of aromatic nitrogens is 3. The number of pyridine rings is 1. The summed E-state index contributed by atoms with van der Waals surface area (Å²) in [5.41, 5.74) is 2.98. The minimum absolute atomic E-state index is 0.298. The number of hydrogen-bond acceptors (Lipinski definition) is 3. The number of hydrogen-bond donors (Lipinski definition) is 0. The maximum Gasteiger partial charge on any atom is 0.158 e. The molecule has 6 heteroatoms. The van der Waals surface area contributed by atoms with E-state index in [4.69, 9.17) is 23.2 Å². The van der Waals surface area contributed by atoms with Gasteiger partial charge in [-0.05, 0) is 25.5 Å². The van der Waals surface area contributed by atoms with Gasteiger partial charge in [-0.2, -0.15) is 10.4 Å². The molecule has 0 N–H and O–H groups in total. The van der Waals surface area contributed by atoms with E-state index in [0.717, 1.165) is 5.56 Å². The van der Waals surface area contributed by atoms with Crippen molar-refractivity contribution in [2.75, 3.05) is 0 Å². The van der Waals surface area contributed by atoms with Crippen molar-refractivity contribution < 1.29 is 0 Å². The fourth-order valence-electron chi connectivity index (χ4n) is 1.86. The number of nitrogens with zero attached hydrogens (tertiary/aromatic N) is 4. The lowest BCUT2D eigenvalue weighted by atomic mass is 10.1. The van der Waals surface area contributed by atoms with Crippen molar-refractivity contribution in [3.63, 3.8) is 0 Å². The highest BCUT2D eigenvalue weighted by atomic mass is 35.5. The van der Waals surface area contributed by atoms with E-state index >= 15 is 0 Å². The number of nitriles is 1. The fourth-order valence-corrected chi connectivity index (χ4v) is 2.34. The van der Waals surface area contributed by atoms with Gasteiger partial charge >= 0.3 is 0 Å². The fraction of sp³-hybridized carbons (Fsp3) is 0.214. The van der Waals surface area contributed by atoms with E-state index < -0.39 is 0 Å². The molecule has 0 fully saturated rings. The molecule has 0 saturated heterocycles. The Bertz CT molecular complexity index is 726. The van der Waals surface area contributed by atoms with Gasteiger partial charge < -0.3 is 0 Å². The van der Waals surface area contributed by atoms with Crippen molar-refractivity contribution in [1.29, 1.82) is 5.26 Å². The monoisotopic (exact) mass is 306 g/mol. The summed E-state index contributed by atoms with van der Waals surface area (Å²) in [5, 5.41) is 14.4. The van der Waals surface area contributed by atoms with Crippen LogP contribution in [0.1, 0.15) is 17.0 Å². The predicted molar refractivity (Wildman–Crippen MR) is 79.9 cm³/mol. The van der Waals surface area contributed by atoms with Crippen molar-refractivity contribution in [2.45, 2.75) is 20.4 Å². The Morgan fingerprint density at radius 1 is 1.40 bits per heavy atom. The lowest BCUT2D eigenvalue weighted by molar-refractivity contribution is 0.694. The zero-order chi connectivity index (χ0) is 14.9. The van der Waals surface area contributed by atoms with E-state index in [9.17, 15) is 5.26 Å². The lowest BCUT2D eigenvalue weighted by Gasteiger charge is -2.05. The molecule has 0 unspecified atom stereocenters. The molecule has 0 aromatic carbocycles. The molecule has 0 saturated carbocycles. The Morgan fingerprint density at radius 3 is 2.70 bits per heavy atom. The van der Waals surface area contributed by atoms with Gasteiger partial charge in [-0.1, -0.05) is 29.3 Å². The average molecular weight is 307 g/mol. The standard InChI is InChI=1S/C14H12Cl2N4/c1-4-5-20-11(7-17)12(16)14(19-20)13-8(2)6-10(15)9(3)18-13/h4,6H,1,5H2,2-3H3. The largest absolute Gasteiger partial charge is 0.250 e. The second kappa shape index (κ2) is 5.66. The molecular formula is C14H12Cl2N4. The van der Waals surface area contributed by atoms with Crippen LogP contribution in [0.15, 0.2) is 18.7 Å². The van der Waals surface area contributed by atoms with Crippen molar-refractivity contribution in [2.24, 2.45) is 0 Å². The maximum absolute atomic E-state index is 9.18. The van der Waals surface area contributed by atoms with Gasteiger partial charge in [-0.3, -0.25) is 0 Å². The highest BCUT2D eigenvalue weighted by Crippen LogP contribution is 2.32. The molecule has 0 aliphatic heterocycles. The third-order valence-corrected chi connectivity index (χ3v) is 3.61. The van der Waals surface area contributed by atoms with Crippen LogP contribution in [0.4, 0.5) is 0 Å². The summed E-state index contributed by atoms with van der Waals surface area (Å²) in [6, 6.07) is 3.86. The minimum Gasteiger partial charge on any atom is -0.250 e. The molecule has 2 aromatic rings. The van der Waals surface area contributed by atoms with Gasteiger partial charge in [0.15, 0.2) is 5.69 Å². The van der Waals surface area contributed by atoms with Gasteiger partial charge in [-0.15, -0.1) is 6.58 Å². The smallest absolute Gasteiger partial charge is 0.158 e. The van der Waals surface area contributed by atoms with E-state index in [0.29, 0.717) is 39.4 Å². The molecule has 0 radical (unpaired) electrons. The van der Waals surface area contributed by atoms with Crippen LogP contribution in [-0.4, -0.2) is 14.8 Å².